The molecule has 1 atom stereocenters. The van der Waals surface area contributed by atoms with Gasteiger partial charge < -0.3 is 20.1 Å². The molecule has 22 heavy (non-hydrogen) atoms. The van der Waals surface area contributed by atoms with Crippen LogP contribution < -0.4 is 20.1 Å². The summed E-state index contributed by atoms with van der Waals surface area (Å²) >= 11 is 0. The largest absolute Gasteiger partial charge is 0.454 e. The van der Waals surface area contributed by atoms with Crippen LogP contribution in [0.25, 0.3) is 0 Å². The highest BCUT2D eigenvalue weighted by Gasteiger charge is 2.20. The highest BCUT2D eigenvalue weighted by Crippen LogP contribution is 2.34. The van der Waals surface area contributed by atoms with E-state index in [4.69, 9.17) is 9.47 Å². The van der Waals surface area contributed by atoms with Crippen molar-refractivity contribution in [2.75, 3.05) is 38.8 Å². The Kier molecular flexibility index (Phi) is 5.88. The SMILES string of the molecule is CNC1CCCN(CC(=O)Nc2ccc3c(c2)OCO3)C1.Cl. The van der Waals surface area contributed by atoms with Crippen molar-refractivity contribution in [3.05, 3.63) is 18.2 Å². The molecule has 0 spiro atoms. The topological polar surface area (TPSA) is 62.8 Å². The lowest BCUT2D eigenvalue weighted by Crippen LogP contribution is -2.46. The molecule has 1 amide bonds. The summed E-state index contributed by atoms with van der Waals surface area (Å²) in [4.78, 5) is 14.3. The lowest BCUT2D eigenvalue weighted by molar-refractivity contribution is -0.117. The first-order valence-electron chi connectivity index (χ1n) is 7.34. The lowest BCUT2D eigenvalue weighted by atomic mass is 10.1. The molecule has 0 saturated carbocycles. The van der Waals surface area contributed by atoms with Crippen molar-refractivity contribution in [2.24, 2.45) is 0 Å². The molecule has 7 heteroatoms. The first-order valence-corrected chi connectivity index (χ1v) is 7.34. The van der Waals surface area contributed by atoms with Gasteiger partial charge in [-0.3, -0.25) is 9.69 Å². The Morgan fingerprint density at radius 3 is 3.00 bits per heavy atom. The Labute approximate surface area is 136 Å². The molecular formula is C15H22ClN3O3. The fraction of sp³-hybridized carbons (Fsp3) is 0.533. The van der Waals surface area contributed by atoms with Crippen LogP contribution in [0.2, 0.25) is 0 Å². The van der Waals surface area contributed by atoms with E-state index < -0.39 is 0 Å². The number of rotatable bonds is 4. The number of likely N-dealkylation sites (N-methyl/N-ethyl adjacent to an activating group) is 1. The van der Waals surface area contributed by atoms with E-state index in [1.165, 1.54) is 6.42 Å². The van der Waals surface area contributed by atoms with Gasteiger partial charge in [-0.2, -0.15) is 0 Å². The van der Waals surface area contributed by atoms with E-state index in [1.807, 2.05) is 19.2 Å². The number of benzene rings is 1. The number of likely N-dealkylation sites (tertiary alicyclic amines) is 1. The zero-order valence-electron chi connectivity index (χ0n) is 12.6. The van der Waals surface area contributed by atoms with Crippen molar-refractivity contribution in [1.82, 2.24) is 10.2 Å². The van der Waals surface area contributed by atoms with Crippen LogP contribution >= 0.6 is 12.4 Å². The Hall–Kier alpha value is -1.50. The molecule has 1 aromatic rings. The summed E-state index contributed by atoms with van der Waals surface area (Å²) < 4.78 is 10.6. The fourth-order valence-corrected chi connectivity index (χ4v) is 2.81. The number of anilines is 1. The first kappa shape index (κ1) is 16.9. The van der Waals surface area contributed by atoms with Gasteiger partial charge in [0.1, 0.15) is 0 Å². The zero-order chi connectivity index (χ0) is 14.7. The zero-order valence-corrected chi connectivity index (χ0v) is 13.4. The molecule has 2 aliphatic heterocycles. The summed E-state index contributed by atoms with van der Waals surface area (Å²) in [6.07, 6.45) is 2.31. The molecule has 0 bridgehead atoms. The quantitative estimate of drug-likeness (QED) is 0.876. The third-order valence-electron chi connectivity index (χ3n) is 3.94. The van der Waals surface area contributed by atoms with Crippen LogP contribution in [0.15, 0.2) is 18.2 Å². The van der Waals surface area contributed by atoms with E-state index in [9.17, 15) is 4.79 Å². The number of nitrogens with one attached hydrogen (secondary N) is 2. The van der Waals surface area contributed by atoms with Crippen molar-refractivity contribution in [1.29, 1.82) is 0 Å². The van der Waals surface area contributed by atoms with Crippen molar-refractivity contribution in [3.8, 4) is 11.5 Å². The van der Waals surface area contributed by atoms with Gasteiger partial charge in [-0.1, -0.05) is 0 Å². The van der Waals surface area contributed by atoms with Crippen molar-refractivity contribution in [2.45, 2.75) is 18.9 Å². The minimum atomic E-state index is 0. The summed E-state index contributed by atoms with van der Waals surface area (Å²) in [6, 6.07) is 5.93. The maximum atomic E-state index is 12.1. The number of carbonyl (C=O) groups excluding carboxylic acids is 1. The molecular weight excluding hydrogens is 306 g/mol. The van der Waals surface area contributed by atoms with E-state index in [2.05, 4.69) is 15.5 Å². The third kappa shape index (κ3) is 4.03. The van der Waals surface area contributed by atoms with Gasteiger partial charge in [0.25, 0.3) is 0 Å². The van der Waals surface area contributed by atoms with Gasteiger partial charge in [-0.05, 0) is 38.6 Å². The number of amides is 1. The summed E-state index contributed by atoms with van der Waals surface area (Å²) in [6.45, 7) is 2.57. The van der Waals surface area contributed by atoms with E-state index in [1.54, 1.807) is 6.07 Å². The molecule has 1 aromatic carbocycles. The fourth-order valence-electron chi connectivity index (χ4n) is 2.81. The van der Waals surface area contributed by atoms with Crippen molar-refractivity contribution in [3.63, 3.8) is 0 Å². The monoisotopic (exact) mass is 327 g/mol. The van der Waals surface area contributed by atoms with Gasteiger partial charge in [0.2, 0.25) is 12.7 Å². The van der Waals surface area contributed by atoms with Gasteiger partial charge in [-0.25, -0.2) is 0 Å². The summed E-state index contributed by atoms with van der Waals surface area (Å²) in [5, 5.41) is 6.20. The molecule has 6 nitrogen and oxygen atoms in total. The summed E-state index contributed by atoms with van der Waals surface area (Å²) in [5.74, 6) is 1.41. The third-order valence-corrected chi connectivity index (χ3v) is 3.94. The van der Waals surface area contributed by atoms with E-state index in [0.717, 1.165) is 30.9 Å². The van der Waals surface area contributed by atoms with Crippen LogP contribution in [0.4, 0.5) is 5.69 Å². The second kappa shape index (κ2) is 7.67. The molecule has 1 unspecified atom stereocenters. The number of ether oxygens (including phenoxy) is 2. The average Bonchev–Trinajstić information content (AvgIpc) is 2.95. The highest BCUT2D eigenvalue weighted by molar-refractivity contribution is 5.92. The van der Waals surface area contributed by atoms with Gasteiger partial charge in [0, 0.05) is 24.3 Å². The van der Waals surface area contributed by atoms with Gasteiger partial charge in [0.15, 0.2) is 11.5 Å². The maximum absolute atomic E-state index is 12.1. The Morgan fingerprint density at radius 2 is 2.18 bits per heavy atom. The van der Waals surface area contributed by atoms with Gasteiger partial charge in [0.05, 0.1) is 6.54 Å². The van der Waals surface area contributed by atoms with Crippen molar-refractivity contribution < 1.29 is 14.3 Å². The average molecular weight is 328 g/mol. The molecule has 3 rings (SSSR count). The number of nitrogens with zero attached hydrogens (tertiary/aromatic N) is 1. The minimum absolute atomic E-state index is 0. The lowest BCUT2D eigenvalue weighted by Gasteiger charge is -2.31. The number of fused-ring (bicyclic) bond motifs is 1. The molecule has 0 aromatic heterocycles. The van der Waals surface area contributed by atoms with Gasteiger partial charge >= 0.3 is 0 Å². The minimum Gasteiger partial charge on any atom is -0.454 e. The van der Waals surface area contributed by atoms with Crippen LogP contribution in [0.5, 0.6) is 11.5 Å². The number of hydrogen-bond acceptors (Lipinski definition) is 5. The van der Waals surface area contributed by atoms with Crippen LogP contribution in [0.1, 0.15) is 12.8 Å². The molecule has 0 aliphatic carbocycles. The van der Waals surface area contributed by atoms with Crippen LogP contribution in [0, 0.1) is 0 Å². The molecule has 0 radical (unpaired) electrons. The van der Waals surface area contributed by atoms with Crippen LogP contribution in [-0.4, -0.2) is 50.3 Å². The number of hydrogen-bond donors (Lipinski definition) is 2. The second-order valence-electron chi connectivity index (χ2n) is 5.48. The van der Waals surface area contributed by atoms with Crippen LogP contribution in [0.3, 0.4) is 0 Å². The molecule has 2 N–H and O–H groups in total. The number of piperidine rings is 1. The highest BCUT2D eigenvalue weighted by atomic mass is 35.5. The first-order chi connectivity index (χ1) is 10.2. The van der Waals surface area contributed by atoms with E-state index >= 15 is 0 Å². The molecule has 1 fully saturated rings. The summed E-state index contributed by atoms with van der Waals surface area (Å²) in [7, 11) is 1.97. The summed E-state index contributed by atoms with van der Waals surface area (Å²) in [5.41, 5.74) is 0.742. The van der Waals surface area contributed by atoms with Gasteiger partial charge in [-0.15, -0.1) is 12.4 Å². The maximum Gasteiger partial charge on any atom is 0.238 e. The second-order valence-corrected chi connectivity index (χ2v) is 5.48. The number of halogens is 1. The predicted molar refractivity (Wildman–Crippen MR) is 87.0 cm³/mol. The normalized spacial score (nSPS) is 20.3. The standard InChI is InChI=1S/C15H21N3O3.ClH/c1-16-12-3-2-6-18(8-12)9-15(19)17-11-4-5-13-14(7-11)21-10-20-13;/h4-5,7,12,16H,2-3,6,8-10H2,1H3,(H,17,19);1H. The molecule has 122 valence electrons. The van der Waals surface area contributed by atoms with Crippen molar-refractivity contribution >= 4 is 24.0 Å². The Morgan fingerprint density at radius 1 is 1.36 bits per heavy atom. The molecule has 1 saturated heterocycles. The smallest absolute Gasteiger partial charge is 0.238 e. The molecule has 2 aliphatic rings. The Bertz CT molecular complexity index is 527. The van der Waals surface area contributed by atoms with E-state index in [0.29, 0.717) is 18.3 Å². The predicted octanol–water partition coefficient (Wildman–Crippen LogP) is 1.46. The van der Waals surface area contributed by atoms with E-state index in [-0.39, 0.29) is 25.1 Å². The molecule has 2 heterocycles. The number of carbonyl (C=O) groups is 1. The Balaban J connectivity index is 0.00000176. The van der Waals surface area contributed by atoms with Crippen LogP contribution in [-0.2, 0) is 4.79 Å².